The van der Waals surface area contributed by atoms with E-state index in [1.54, 1.807) is 0 Å². The lowest BCUT2D eigenvalue weighted by molar-refractivity contribution is 0.119. The number of fused-ring (bicyclic) bond motifs is 2. The van der Waals surface area contributed by atoms with Gasteiger partial charge in [-0.05, 0) is 44.3 Å². The van der Waals surface area contributed by atoms with Crippen LogP contribution >= 0.6 is 0 Å². The van der Waals surface area contributed by atoms with Crippen molar-refractivity contribution in [2.45, 2.75) is 12.0 Å². The van der Waals surface area contributed by atoms with Crippen molar-refractivity contribution in [2.24, 2.45) is 0 Å². The van der Waals surface area contributed by atoms with E-state index in [1.807, 2.05) is 73.8 Å². The van der Waals surface area contributed by atoms with Crippen molar-refractivity contribution in [1.82, 2.24) is 4.90 Å². The van der Waals surface area contributed by atoms with Crippen molar-refractivity contribution >= 4 is 11.4 Å². The number of nitrogens with zero attached hydrogens (tertiary/aromatic N) is 2. The Kier molecular flexibility index (Phi) is 5.31. The van der Waals surface area contributed by atoms with Crippen molar-refractivity contribution in [1.29, 1.82) is 0 Å². The minimum atomic E-state index is -1.28. The van der Waals surface area contributed by atoms with E-state index in [1.165, 1.54) is 0 Å². The fraction of sp³-hybridized carbons (Fsp3) is 0.280. The minimum absolute atomic E-state index is 0.602. The zero-order valence-electron chi connectivity index (χ0n) is 17.3. The van der Waals surface area contributed by atoms with E-state index in [0.717, 1.165) is 46.8 Å². The number of ether oxygens (including phenoxy) is 1. The monoisotopic (exact) mass is 388 g/mol. The maximum Gasteiger partial charge on any atom is 0.148 e. The highest BCUT2D eigenvalue weighted by Crippen LogP contribution is 2.53. The lowest BCUT2D eigenvalue weighted by Crippen LogP contribution is -2.37. The largest absolute Gasteiger partial charge is 0.493 e. The molecular weight excluding hydrogens is 360 g/mol. The van der Waals surface area contributed by atoms with Gasteiger partial charge in [0.15, 0.2) is 0 Å². The molecule has 0 aliphatic carbocycles. The average molecular weight is 389 g/mol. The van der Waals surface area contributed by atoms with Gasteiger partial charge in [-0.2, -0.15) is 0 Å². The Morgan fingerprint density at radius 3 is 2.34 bits per heavy atom. The van der Waals surface area contributed by atoms with E-state index in [4.69, 9.17) is 4.74 Å². The summed E-state index contributed by atoms with van der Waals surface area (Å²) in [6.45, 7) is 1.56. The van der Waals surface area contributed by atoms with Crippen molar-refractivity contribution in [3.63, 3.8) is 0 Å². The molecule has 0 amide bonds. The third-order valence-corrected chi connectivity index (χ3v) is 5.58. The van der Waals surface area contributed by atoms with Gasteiger partial charge in [0.05, 0.1) is 17.9 Å². The Balaban J connectivity index is 1.86. The molecule has 0 saturated carbocycles. The summed E-state index contributed by atoms with van der Waals surface area (Å²) in [5.41, 5.74) is 3.18. The quantitative estimate of drug-likeness (QED) is 0.636. The third kappa shape index (κ3) is 3.39. The van der Waals surface area contributed by atoms with Crippen molar-refractivity contribution in [2.75, 3.05) is 39.2 Å². The molecule has 1 aliphatic heterocycles. The molecule has 0 bridgehead atoms. The van der Waals surface area contributed by atoms with Gasteiger partial charge in [-0.25, -0.2) is 0 Å². The number of benzene rings is 3. The molecule has 1 aliphatic rings. The number of hydrogen-bond donors (Lipinski definition) is 1. The Labute approximate surface area is 173 Å². The fourth-order valence-corrected chi connectivity index (χ4v) is 4.16. The van der Waals surface area contributed by atoms with E-state index in [2.05, 4.69) is 30.0 Å². The van der Waals surface area contributed by atoms with Gasteiger partial charge in [0, 0.05) is 24.8 Å². The average Bonchev–Trinajstić information content (AvgIpc) is 2.75. The molecule has 0 fully saturated rings. The summed E-state index contributed by atoms with van der Waals surface area (Å²) in [7, 11) is 6.16. The van der Waals surface area contributed by atoms with Gasteiger partial charge >= 0.3 is 0 Å². The summed E-state index contributed by atoms with van der Waals surface area (Å²) in [6, 6.07) is 23.9. The maximum atomic E-state index is 12.3. The first-order chi connectivity index (χ1) is 14.0. The van der Waals surface area contributed by atoms with Gasteiger partial charge < -0.3 is 19.6 Å². The molecule has 4 heteroatoms. The first-order valence-electron chi connectivity index (χ1n) is 10.1. The SMILES string of the molecule is CN(C)CCCOc1cccc2c1C(O)(c1ccccc1)c1ccccc1N2C. The zero-order valence-corrected chi connectivity index (χ0v) is 17.3. The minimum Gasteiger partial charge on any atom is -0.493 e. The molecule has 1 unspecified atom stereocenters. The van der Waals surface area contributed by atoms with Crippen LogP contribution in [0.3, 0.4) is 0 Å². The van der Waals surface area contributed by atoms with Crippen LogP contribution in [0, 0.1) is 0 Å². The van der Waals surface area contributed by atoms with E-state index in [0.29, 0.717) is 6.61 Å². The van der Waals surface area contributed by atoms with Crippen LogP contribution in [0.5, 0.6) is 5.75 Å². The van der Waals surface area contributed by atoms with Crippen molar-refractivity contribution < 1.29 is 9.84 Å². The zero-order chi connectivity index (χ0) is 20.4. The normalized spacial score (nSPS) is 17.8. The van der Waals surface area contributed by atoms with Gasteiger partial charge in [-0.3, -0.25) is 0 Å². The molecule has 0 spiro atoms. The lowest BCUT2D eigenvalue weighted by atomic mass is 9.75. The number of para-hydroxylation sites is 1. The van der Waals surface area contributed by atoms with Crippen LogP contribution < -0.4 is 9.64 Å². The molecule has 3 aromatic rings. The summed E-state index contributed by atoms with van der Waals surface area (Å²) >= 11 is 0. The number of hydrogen-bond acceptors (Lipinski definition) is 4. The van der Waals surface area contributed by atoms with Gasteiger partial charge in [0.25, 0.3) is 0 Å². The first-order valence-corrected chi connectivity index (χ1v) is 10.1. The summed E-state index contributed by atoms with van der Waals surface area (Å²) < 4.78 is 6.22. The van der Waals surface area contributed by atoms with Crippen molar-refractivity contribution in [3.8, 4) is 5.75 Å². The molecule has 0 saturated heterocycles. The molecule has 29 heavy (non-hydrogen) atoms. The molecule has 3 aromatic carbocycles. The van der Waals surface area contributed by atoms with Gasteiger partial charge in [-0.1, -0.05) is 54.6 Å². The van der Waals surface area contributed by atoms with Crippen LogP contribution in [0.1, 0.15) is 23.1 Å². The van der Waals surface area contributed by atoms with E-state index in [9.17, 15) is 5.11 Å². The van der Waals surface area contributed by atoms with Crippen LogP contribution in [0.25, 0.3) is 0 Å². The third-order valence-electron chi connectivity index (χ3n) is 5.58. The van der Waals surface area contributed by atoms with Gasteiger partial charge in [-0.15, -0.1) is 0 Å². The van der Waals surface area contributed by atoms with Crippen LogP contribution in [0.15, 0.2) is 72.8 Å². The van der Waals surface area contributed by atoms with Crippen LogP contribution in [0.2, 0.25) is 0 Å². The number of rotatable bonds is 6. The molecule has 1 N–H and O–H groups in total. The fourth-order valence-electron chi connectivity index (χ4n) is 4.16. The molecule has 4 nitrogen and oxygen atoms in total. The summed E-state index contributed by atoms with van der Waals surface area (Å²) in [5, 5.41) is 12.3. The molecule has 150 valence electrons. The first kappa shape index (κ1) is 19.5. The summed E-state index contributed by atoms with van der Waals surface area (Å²) in [6.07, 6.45) is 0.923. The Hall–Kier alpha value is -2.82. The highest BCUT2D eigenvalue weighted by molar-refractivity contribution is 5.81. The molecule has 4 rings (SSSR count). The standard InChI is InChI=1S/C25H28N2O2/c1-26(2)17-10-18-29-23-16-9-15-22-24(23)25(28,19-11-5-4-6-12-19)20-13-7-8-14-21(20)27(22)3/h4-9,11-16,28H,10,17-18H2,1-3H3. The highest BCUT2D eigenvalue weighted by atomic mass is 16.5. The summed E-state index contributed by atoms with van der Waals surface area (Å²) in [4.78, 5) is 4.28. The molecule has 1 atom stereocenters. The van der Waals surface area contributed by atoms with Gasteiger partial charge in [0.1, 0.15) is 11.4 Å². The maximum absolute atomic E-state index is 12.3. The second-order valence-corrected chi connectivity index (χ2v) is 7.81. The number of aliphatic hydroxyl groups is 1. The predicted molar refractivity (Wildman–Crippen MR) is 118 cm³/mol. The Bertz CT molecular complexity index is 987. The molecule has 0 radical (unpaired) electrons. The van der Waals surface area contributed by atoms with Crippen LogP contribution in [0.4, 0.5) is 11.4 Å². The summed E-state index contributed by atoms with van der Waals surface area (Å²) in [5.74, 6) is 0.731. The smallest absolute Gasteiger partial charge is 0.148 e. The molecule has 0 aromatic heterocycles. The van der Waals surface area contributed by atoms with Gasteiger partial charge in [0.2, 0.25) is 0 Å². The van der Waals surface area contributed by atoms with E-state index in [-0.39, 0.29) is 0 Å². The predicted octanol–water partition coefficient (Wildman–Crippen LogP) is 4.38. The number of anilines is 2. The molecule has 1 heterocycles. The van der Waals surface area contributed by atoms with E-state index < -0.39 is 5.60 Å². The van der Waals surface area contributed by atoms with Crippen LogP contribution in [-0.4, -0.2) is 44.3 Å². The highest BCUT2D eigenvalue weighted by Gasteiger charge is 2.44. The second-order valence-electron chi connectivity index (χ2n) is 7.81. The lowest BCUT2D eigenvalue weighted by Gasteiger charge is -2.42. The Morgan fingerprint density at radius 1 is 0.897 bits per heavy atom. The van der Waals surface area contributed by atoms with Crippen LogP contribution in [-0.2, 0) is 5.60 Å². The Morgan fingerprint density at radius 2 is 1.59 bits per heavy atom. The topological polar surface area (TPSA) is 35.9 Å². The van der Waals surface area contributed by atoms with Crippen molar-refractivity contribution in [3.05, 3.63) is 89.5 Å². The van der Waals surface area contributed by atoms with E-state index >= 15 is 0 Å². The molecular formula is C25H28N2O2. The second kappa shape index (κ2) is 7.90.